The molecule has 0 saturated carbocycles. The third-order valence-electron chi connectivity index (χ3n) is 1.86. The second-order valence-corrected chi connectivity index (χ2v) is 4.93. The average Bonchev–Trinajstić information content (AvgIpc) is 2.19. The smallest absolute Gasteiger partial charge is 0.123 e. The van der Waals surface area contributed by atoms with Crippen molar-refractivity contribution in [1.82, 2.24) is 0 Å². The molecule has 2 N–H and O–H groups in total. The Hall–Kier alpha value is -0.250. The molecule has 1 unspecified atom stereocenters. The van der Waals surface area contributed by atoms with Gasteiger partial charge in [0.1, 0.15) is 5.82 Å². The van der Waals surface area contributed by atoms with E-state index in [1.54, 1.807) is 17.8 Å². The number of thioether (sulfide) groups is 1. The van der Waals surface area contributed by atoms with Gasteiger partial charge in [-0.15, -0.1) is 0 Å². The molecule has 1 nitrogen and oxygen atoms in total. The molecule has 78 valence electrons. The topological polar surface area (TPSA) is 26.0 Å². The van der Waals surface area contributed by atoms with E-state index < -0.39 is 0 Å². The van der Waals surface area contributed by atoms with Crippen LogP contribution in [-0.4, -0.2) is 11.8 Å². The minimum Gasteiger partial charge on any atom is -0.329 e. The number of halogens is 2. The molecule has 0 fully saturated rings. The molecule has 14 heavy (non-hydrogen) atoms. The summed E-state index contributed by atoms with van der Waals surface area (Å²) in [6, 6.07) is 4.42. The van der Waals surface area contributed by atoms with Gasteiger partial charge in [0.25, 0.3) is 0 Å². The fourth-order valence-corrected chi connectivity index (χ4v) is 2.06. The molecule has 0 aromatic heterocycles. The first-order valence-electron chi connectivity index (χ1n) is 4.39. The van der Waals surface area contributed by atoms with Crippen LogP contribution in [0.3, 0.4) is 0 Å². The Morgan fingerprint density at radius 3 is 2.93 bits per heavy atom. The fourth-order valence-electron chi connectivity index (χ4n) is 0.954. The largest absolute Gasteiger partial charge is 0.329 e. The third kappa shape index (κ3) is 3.48. The van der Waals surface area contributed by atoms with Crippen LogP contribution in [0.1, 0.15) is 12.5 Å². The van der Waals surface area contributed by atoms with Crippen molar-refractivity contribution >= 4 is 23.4 Å². The van der Waals surface area contributed by atoms with Gasteiger partial charge in [0.05, 0.1) is 0 Å². The summed E-state index contributed by atoms with van der Waals surface area (Å²) in [5.41, 5.74) is 6.31. The Balaban J connectivity index is 2.62. The van der Waals surface area contributed by atoms with Crippen molar-refractivity contribution in [2.45, 2.75) is 17.9 Å². The Bertz CT molecular complexity index is 306. The van der Waals surface area contributed by atoms with Crippen molar-refractivity contribution in [3.63, 3.8) is 0 Å². The zero-order valence-electron chi connectivity index (χ0n) is 7.97. The van der Waals surface area contributed by atoms with Gasteiger partial charge >= 0.3 is 0 Å². The maximum absolute atomic E-state index is 12.9. The molecule has 0 spiro atoms. The zero-order valence-corrected chi connectivity index (χ0v) is 9.54. The van der Waals surface area contributed by atoms with Gasteiger partial charge in [-0.25, -0.2) is 4.39 Å². The average molecular weight is 234 g/mol. The summed E-state index contributed by atoms with van der Waals surface area (Å²) in [6.45, 7) is 2.66. The van der Waals surface area contributed by atoms with Gasteiger partial charge in [-0.05, 0) is 23.8 Å². The zero-order chi connectivity index (χ0) is 10.6. The van der Waals surface area contributed by atoms with Gasteiger partial charge in [0.2, 0.25) is 0 Å². The first kappa shape index (κ1) is 11.8. The van der Waals surface area contributed by atoms with Gasteiger partial charge in [0.15, 0.2) is 0 Å². The normalized spacial score (nSPS) is 12.9. The molecular weight excluding hydrogens is 221 g/mol. The number of nitrogens with two attached hydrogens (primary N) is 1. The lowest BCUT2D eigenvalue weighted by molar-refractivity contribution is 0.626. The van der Waals surface area contributed by atoms with E-state index >= 15 is 0 Å². The Morgan fingerprint density at radius 1 is 1.57 bits per heavy atom. The Kier molecular flexibility index (Phi) is 4.72. The van der Waals surface area contributed by atoms with E-state index in [9.17, 15) is 4.39 Å². The maximum atomic E-state index is 12.9. The highest BCUT2D eigenvalue weighted by Gasteiger charge is 2.05. The van der Waals surface area contributed by atoms with E-state index in [4.69, 9.17) is 17.3 Å². The number of rotatable bonds is 4. The molecule has 1 aromatic carbocycles. The molecular formula is C10H13ClFNS. The molecule has 0 heterocycles. The first-order chi connectivity index (χ1) is 6.63. The first-order valence-corrected chi connectivity index (χ1v) is 5.81. The van der Waals surface area contributed by atoms with Crippen LogP contribution in [0.25, 0.3) is 0 Å². The fraction of sp³-hybridized carbons (Fsp3) is 0.400. The van der Waals surface area contributed by atoms with E-state index in [2.05, 4.69) is 0 Å². The summed E-state index contributed by atoms with van der Waals surface area (Å²) >= 11 is 7.59. The van der Waals surface area contributed by atoms with Crippen LogP contribution in [0.4, 0.5) is 4.39 Å². The van der Waals surface area contributed by atoms with Crippen molar-refractivity contribution in [2.24, 2.45) is 5.73 Å². The van der Waals surface area contributed by atoms with Crippen LogP contribution in [-0.2, 0) is 5.75 Å². The van der Waals surface area contributed by atoms with Gasteiger partial charge < -0.3 is 5.73 Å². The summed E-state index contributed by atoms with van der Waals surface area (Å²) < 4.78 is 12.9. The second-order valence-electron chi connectivity index (χ2n) is 3.09. The molecule has 0 saturated heterocycles. The Labute approximate surface area is 92.8 Å². The SMILES string of the molecule is CC(CN)SCc1cc(F)ccc1Cl. The monoisotopic (exact) mass is 233 g/mol. The highest BCUT2D eigenvalue weighted by Crippen LogP contribution is 2.24. The summed E-state index contributed by atoms with van der Waals surface area (Å²) in [4.78, 5) is 0. The molecule has 1 atom stereocenters. The van der Waals surface area contributed by atoms with E-state index in [1.165, 1.54) is 12.1 Å². The Morgan fingerprint density at radius 2 is 2.29 bits per heavy atom. The number of hydrogen-bond donors (Lipinski definition) is 1. The van der Waals surface area contributed by atoms with E-state index in [0.717, 1.165) is 5.56 Å². The second kappa shape index (κ2) is 5.59. The van der Waals surface area contributed by atoms with Crippen LogP contribution in [0.15, 0.2) is 18.2 Å². The predicted octanol–water partition coefficient (Wildman–Crippen LogP) is 3.06. The van der Waals surface area contributed by atoms with Crippen LogP contribution in [0.5, 0.6) is 0 Å². The lowest BCUT2D eigenvalue weighted by Crippen LogP contribution is -2.12. The number of benzene rings is 1. The van der Waals surface area contributed by atoms with Gasteiger partial charge in [-0.2, -0.15) is 11.8 Å². The van der Waals surface area contributed by atoms with Crippen molar-refractivity contribution < 1.29 is 4.39 Å². The molecule has 0 bridgehead atoms. The minimum absolute atomic E-state index is 0.245. The number of hydrogen-bond acceptors (Lipinski definition) is 2. The van der Waals surface area contributed by atoms with Crippen molar-refractivity contribution in [1.29, 1.82) is 0 Å². The van der Waals surface area contributed by atoms with E-state index in [-0.39, 0.29) is 5.82 Å². The molecule has 4 heteroatoms. The summed E-state index contributed by atoms with van der Waals surface area (Å²) in [7, 11) is 0. The lowest BCUT2D eigenvalue weighted by Gasteiger charge is -2.09. The summed E-state index contributed by atoms with van der Waals surface area (Å²) in [5, 5.41) is 0.984. The molecule has 0 aliphatic heterocycles. The van der Waals surface area contributed by atoms with Crippen LogP contribution >= 0.6 is 23.4 Å². The van der Waals surface area contributed by atoms with Crippen molar-refractivity contribution in [2.75, 3.05) is 6.54 Å². The highest BCUT2D eigenvalue weighted by molar-refractivity contribution is 7.99. The molecule has 0 amide bonds. The van der Waals surface area contributed by atoms with Gasteiger partial charge in [0, 0.05) is 22.6 Å². The molecule has 1 aromatic rings. The minimum atomic E-state index is -0.245. The van der Waals surface area contributed by atoms with Crippen molar-refractivity contribution in [3.05, 3.63) is 34.6 Å². The molecule has 0 radical (unpaired) electrons. The molecule has 0 aliphatic rings. The summed E-state index contributed by atoms with van der Waals surface area (Å²) in [5.74, 6) is 0.458. The quantitative estimate of drug-likeness (QED) is 0.865. The van der Waals surface area contributed by atoms with Crippen LogP contribution in [0, 0.1) is 5.82 Å². The molecule has 0 aliphatic carbocycles. The molecule has 1 rings (SSSR count). The third-order valence-corrected chi connectivity index (χ3v) is 3.47. The van der Waals surface area contributed by atoms with E-state index in [1.807, 2.05) is 6.92 Å². The van der Waals surface area contributed by atoms with Crippen LogP contribution in [0.2, 0.25) is 5.02 Å². The van der Waals surface area contributed by atoms with Gasteiger partial charge in [-0.1, -0.05) is 18.5 Å². The maximum Gasteiger partial charge on any atom is 0.123 e. The standard InChI is InChI=1S/C10H13ClFNS/c1-7(5-13)14-6-8-4-9(12)2-3-10(8)11/h2-4,7H,5-6,13H2,1H3. The van der Waals surface area contributed by atoms with E-state index in [0.29, 0.717) is 22.6 Å². The lowest BCUT2D eigenvalue weighted by atomic mass is 10.2. The van der Waals surface area contributed by atoms with Crippen molar-refractivity contribution in [3.8, 4) is 0 Å². The predicted molar refractivity (Wildman–Crippen MR) is 61.2 cm³/mol. The van der Waals surface area contributed by atoms with Crippen LogP contribution < -0.4 is 5.73 Å². The summed E-state index contributed by atoms with van der Waals surface area (Å²) in [6.07, 6.45) is 0. The van der Waals surface area contributed by atoms with Gasteiger partial charge in [-0.3, -0.25) is 0 Å². The highest BCUT2D eigenvalue weighted by atomic mass is 35.5.